The van der Waals surface area contributed by atoms with E-state index in [-0.39, 0.29) is 5.82 Å². The Morgan fingerprint density at radius 2 is 2.00 bits per heavy atom. The molecule has 2 N–H and O–H groups in total. The Morgan fingerprint density at radius 1 is 1.29 bits per heavy atom. The van der Waals surface area contributed by atoms with Crippen LogP contribution in [0.25, 0.3) is 0 Å². The third kappa shape index (κ3) is 2.16. The van der Waals surface area contributed by atoms with Crippen LogP contribution >= 0.6 is 0 Å². The molecule has 2 saturated heterocycles. The summed E-state index contributed by atoms with van der Waals surface area (Å²) in [6.45, 7) is 3.27. The third-order valence-corrected chi connectivity index (χ3v) is 4.37. The van der Waals surface area contributed by atoms with E-state index in [9.17, 15) is 4.39 Å². The van der Waals surface area contributed by atoms with Crippen LogP contribution in [0, 0.1) is 17.7 Å². The monoisotopic (exact) mass is 234 g/mol. The number of piperidine rings is 2. The second-order valence-corrected chi connectivity index (χ2v) is 5.45. The number of hydrogen-bond acceptors (Lipinski definition) is 2. The lowest BCUT2D eigenvalue weighted by Crippen LogP contribution is -2.60. The van der Waals surface area contributed by atoms with Crippen molar-refractivity contribution in [1.82, 2.24) is 5.32 Å². The minimum Gasteiger partial charge on any atom is -0.383 e. The molecule has 3 aliphatic rings. The molecule has 17 heavy (non-hydrogen) atoms. The lowest BCUT2D eigenvalue weighted by Gasteiger charge is -2.51. The summed E-state index contributed by atoms with van der Waals surface area (Å²) in [6, 6.07) is 7.89. The molecule has 0 unspecified atom stereocenters. The SMILES string of the molecule is C[C@@H]1C2CC(C2)N[C@@H]1CNc1ccc(F)cc1. The van der Waals surface area contributed by atoms with Gasteiger partial charge in [-0.3, -0.25) is 0 Å². The van der Waals surface area contributed by atoms with Gasteiger partial charge in [0.1, 0.15) is 5.82 Å². The Balaban J connectivity index is 1.55. The molecule has 3 fully saturated rings. The number of nitrogens with one attached hydrogen (secondary N) is 2. The number of fused-ring (bicyclic) bond motifs is 2. The van der Waals surface area contributed by atoms with Crippen molar-refractivity contribution in [2.75, 3.05) is 11.9 Å². The molecule has 2 aliphatic heterocycles. The van der Waals surface area contributed by atoms with Gasteiger partial charge in [-0.05, 0) is 48.9 Å². The fourth-order valence-corrected chi connectivity index (χ4v) is 3.05. The van der Waals surface area contributed by atoms with E-state index in [4.69, 9.17) is 0 Å². The van der Waals surface area contributed by atoms with E-state index in [0.717, 1.165) is 30.1 Å². The van der Waals surface area contributed by atoms with Crippen LogP contribution in [0.15, 0.2) is 24.3 Å². The van der Waals surface area contributed by atoms with E-state index in [1.165, 1.54) is 25.0 Å². The normalized spacial score (nSPS) is 35.2. The standard InChI is InChI=1S/C14H19FN2/c1-9-10-6-13(7-10)17-14(9)8-16-12-4-2-11(15)3-5-12/h2-5,9-10,13-14,16-17H,6-8H2,1H3/t9-,10?,13?,14-/m1/s1. The molecule has 4 rings (SSSR count). The van der Waals surface area contributed by atoms with Gasteiger partial charge in [-0.25, -0.2) is 4.39 Å². The Labute approximate surface area is 102 Å². The molecule has 1 aliphatic carbocycles. The predicted molar refractivity (Wildman–Crippen MR) is 67.5 cm³/mol. The van der Waals surface area contributed by atoms with Crippen LogP contribution in [0.3, 0.4) is 0 Å². The van der Waals surface area contributed by atoms with E-state index in [1.807, 2.05) is 0 Å². The van der Waals surface area contributed by atoms with Gasteiger partial charge in [-0.15, -0.1) is 0 Å². The zero-order valence-electron chi connectivity index (χ0n) is 10.1. The summed E-state index contributed by atoms with van der Waals surface area (Å²) in [5.41, 5.74) is 1.000. The summed E-state index contributed by atoms with van der Waals surface area (Å²) in [7, 11) is 0. The zero-order valence-corrected chi connectivity index (χ0v) is 10.1. The van der Waals surface area contributed by atoms with Crippen LogP contribution in [0.1, 0.15) is 19.8 Å². The second kappa shape index (κ2) is 4.30. The summed E-state index contributed by atoms with van der Waals surface area (Å²) in [5, 5.41) is 7.06. The predicted octanol–water partition coefficient (Wildman–Crippen LogP) is 2.62. The van der Waals surface area contributed by atoms with Crippen molar-refractivity contribution in [3.63, 3.8) is 0 Å². The fraction of sp³-hybridized carbons (Fsp3) is 0.571. The average molecular weight is 234 g/mol. The maximum absolute atomic E-state index is 12.8. The lowest BCUT2D eigenvalue weighted by atomic mass is 9.66. The van der Waals surface area contributed by atoms with Crippen molar-refractivity contribution in [3.8, 4) is 0 Å². The molecule has 2 nitrogen and oxygen atoms in total. The quantitative estimate of drug-likeness (QED) is 0.840. The van der Waals surface area contributed by atoms with Crippen LogP contribution in [0.5, 0.6) is 0 Å². The van der Waals surface area contributed by atoms with Gasteiger partial charge in [0.2, 0.25) is 0 Å². The molecule has 2 heterocycles. The molecule has 0 amide bonds. The fourth-order valence-electron chi connectivity index (χ4n) is 3.05. The molecular formula is C14H19FN2. The molecule has 2 atom stereocenters. The first-order valence-corrected chi connectivity index (χ1v) is 6.48. The van der Waals surface area contributed by atoms with Crippen LogP contribution in [-0.2, 0) is 0 Å². The third-order valence-electron chi connectivity index (χ3n) is 4.37. The van der Waals surface area contributed by atoms with Crippen molar-refractivity contribution >= 4 is 5.69 Å². The lowest BCUT2D eigenvalue weighted by molar-refractivity contribution is 0.0592. The van der Waals surface area contributed by atoms with E-state index in [1.54, 1.807) is 12.1 Å². The molecule has 3 heteroatoms. The summed E-state index contributed by atoms with van der Waals surface area (Å²) in [4.78, 5) is 0. The van der Waals surface area contributed by atoms with Crippen molar-refractivity contribution in [2.24, 2.45) is 11.8 Å². The molecule has 0 radical (unpaired) electrons. The molecule has 1 aromatic rings. The molecular weight excluding hydrogens is 215 g/mol. The number of halogens is 1. The van der Waals surface area contributed by atoms with E-state index < -0.39 is 0 Å². The largest absolute Gasteiger partial charge is 0.383 e. The topological polar surface area (TPSA) is 24.1 Å². The maximum atomic E-state index is 12.8. The van der Waals surface area contributed by atoms with Gasteiger partial charge in [0.15, 0.2) is 0 Å². The number of benzene rings is 1. The highest BCUT2D eigenvalue weighted by atomic mass is 19.1. The van der Waals surface area contributed by atoms with E-state index >= 15 is 0 Å². The van der Waals surface area contributed by atoms with Crippen LogP contribution in [-0.4, -0.2) is 18.6 Å². The van der Waals surface area contributed by atoms with Gasteiger partial charge >= 0.3 is 0 Å². The minimum absolute atomic E-state index is 0.180. The van der Waals surface area contributed by atoms with Gasteiger partial charge in [-0.2, -0.15) is 0 Å². The van der Waals surface area contributed by atoms with E-state index in [0.29, 0.717) is 6.04 Å². The van der Waals surface area contributed by atoms with Gasteiger partial charge in [0.25, 0.3) is 0 Å². The van der Waals surface area contributed by atoms with Crippen LogP contribution in [0.4, 0.5) is 10.1 Å². The van der Waals surface area contributed by atoms with Crippen molar-refractivity contribution in [1.29, 1.82) is 0 Å². The summed E-state index contributed by atoms with van der Waals surface area (Å²) >= 11 is 0. The molecule has 2 bridgehead atoms. The maximum Gasteiger partial charge on any atom is 0.123 e. The molecule has 92 valence electrons. The Morgan fingerprint density at radius 3 is 2.65 bits per heavy atom. The minimum atomic E-state index is -0.180. The van der Waals surface area contributed by atoms with Gasteiger partial charge in [-0.1, -0.05) is 6.92 Å². The van der Waals surface area contributed by atoms with Crippen molar-refractivity contribution < 1.29 is 4.39 Å². The van der Waals surface area contributed by atoms with Crippen LogP contribution < -0.4 is 10.6 Å². The Kier molecular flexibility index (Phi) is 2.79. The number of rotatable bonds is 3. The summed E-state index contributed by atoms with van der Waals surface area (Å²) < 4.78 is 12.8. The van der Waals surface area contributed by atoms with E-state index in [2.05, 4.69) is 17.6 Å². The Hall–Kier alpha value is -1.09. The number of hydrogen-bond donors (Lipinski definition) is 2. The van der Waals surface area contributed by atoms with Gasteiger partial charge in [0, 0.05) is 24.3 Å². The Bertz CT molecular complexity index is 384. The van der Waals surface area contributed by atoms with Crippen molar-refractivity contribution in [2.45, 2.75) is 31.8 Å². The first-order valence-electron chi connectivity index (χ1n) is 6.48. The van der Waals surface area contributed by atoms with Crippen LogP contribution in [0.2, 0.25) is 0 Å². The van der Waals surface area contributed by atoms with Gasteiger partial charge < -0.3 is 10.6 Å². The first kappa shape index (κ1) is 11.0. The highest BCUT2D eigenvalue weighted by molar-refractivity contribution is 5.43. The summed E-state index contributed by atoms with van der Waals surface area (Å²) in [6.07, 6.45) is 2.71. The molecule has 1 aromatic carbocycles. The number of anilines is 1. The molecule has 0 aromatic heterocycles. The van der Waals surface area contributed by atoms with Crippen molar-refractivity contribution in [3.05, 3.63) is 30.1 Å². The second-order valence-electron chi connectivity index (χ2n) is 5.45. The first-order chi connectivity index (χ1) is 8.22. The highest BCUT2D eigenvalue weighted by Crippen LogP contribution is 2.40. The molecule has 1 saturated carbocycles. The average Bonchev–Trinajstić information content (AvgIpc) is 2.28. The summed E-state index contributed by atoms with van der Waals surface area (Å²) in [5.74, 6) is 1.48. The smallest absolute Gasteiger partial charge is 0.123 e. The molecule has 0 spiro atoms. The zero-order chi connectivity index (χ0) is 11.8. The highest BCUT2D eigenvalue weighted by Gasteiger charge is 2.42. The van der Waals surface area contributed by atoms with Gasteiger partial charge in [0.05, 0.1) is 0 Å².